The van der Waals surface area contributed by atoms with Crippen LogP contribution in [0.5, 0.6) is 0 Å². The summed E-state index contributed by atoms with van der Waals surface area (Å²) in [7, 11) is 0.500. The standard InChI is InChI=1S/C23H42.2C2H4.CH3F/c1-19(2)11-8-17-23(5)18-10-13-21(23)20(3)12-9-16-22(4)14-6-7-15-22;3*1-2/h20-21H,1,6-18H2,2-5H3;2*1-2H2;1H3. The van der Waals surface area contributed by atoms with E-state index in [1.54, 1.807) is 0 Å². The van der Waals surface area contributed by atoms with Crippen LogP contribution in [0, 0.1) is 22.7 Å². The fraction of sp³-hybridized carbons (Fsp3) is 0.786. The Morgan fingerprint density at radius 3 is 2.00 bits per heavy atom. The molecule has 0 aromatic carbocycles. The van der Waals surface area contributed by atoms with Crippen molar-refractivity contribution in [3.8, 4) is 0 Å². The monoisotopic (exact) mass is 408 g/mol. The number of hydrogen-bond donors (Lipinski definition) is 0. The minimum atomic E-state index is 0.500. The van der Waals surface area contributed by atoms with Gasteiger partial charge in [0.1, 0.15) is 0 Å². The van der Waals surface area contributed by atoms with E-state index in [4.69, 9.17) is 0 Å². The summed E-state index contributed by atoms with van der Waals surface area (Å²) in [6.45, 7) is 26.0. The third-order valence-electron chi connectivity index (χ3n) is 7.45. The number of alkyl halides is 1. The lowest BCUT2D eigenvalue weighted by Gasteiger charge is -2.36. The van der Waals surface area contributed by atoms with Crippen molar-refractivity contribution in [2.75, 3.05) is 7.18 Å². The van der Waals surface area contributed by atoms with Crippen LogP contribution < -0.4 is 0 Å². The maximum Gasteiger partial charge on any atom is 0.0785 e. The highest BCUT2D eigenvalue weighted by molar-refractivity contribution is 4.93. The lowest BCUT2D eigenvalue weighted by atomic mass is 9.69. The van der Waals surface area contributed by atoms with E-state index in [0.29, 0.717) is 18.0 Å². The van der Waals surface area contributed by atoms with E-state index in [2.05, 4.69) is 60.6 Å². The van der Waals surface area contributed by atoms with Gasteiger partial charge in [-0.05, 0) is 81.0 Å². The van der Waals surface area contributed by atoms with Crippen molar-refractivity contribution < 1.29 is 4.39 Å². The van der Waals surface area contributed by atoms with E-state index in [1.807, 2.05) is 0 Å². The molecule has 3 unspecified atom stereocenters. The van der Waals surface area contributed by atoms with Gasteiger partial charge >= 0.3 is 0 Å². The van der Waals surface area contributed by atoms with E-state index in [1.165, 1.54) is 89.0 Å². The van der Waals surface area contributed by atoms with Crippen LogP contribution in [-0.2, 0) is 0 Å². The first-order valence-corrected chi connectivity index (χ1v) is 11.9. The number of halogens is 1. The lowest BCUT2D eigenvalue weighted by molar-refractivity contribution is 0.137. The summed E-state index contributed by atoms with van der Waals surface area (Å²) in [5.74, 6) is 1.90. The molecule has 0 nitrogen and oxygen atoms in total. The predicted molar refractivity (Wildman–Crippen MR) is 133 cm³/mol. The zero-order valence-corrected chi connectivity index (χ0v) is 20.8. The average Bonchev–Trinajstić information content (AvgIpc) is 3.32. The van der Waals surface area contributed by atoms with Gasteiger partial charge in [0.05, 0.1) is 7.18 Å². The molecule has 0 aromatic heterocycles. The molecule has 0 aliphatic heterocycles. The fourth-order valence-corrected chi connectivity index (χ4v) is 5.87. The molecule has 0 spiro atoms. The van der Waals surface area contributed by atoms with Gasteiger partial charge in [0.25, 0.3) is 0 Å². The molecule has 2 fully saturated rings. The largest absolute Gasteiger partial charge is 0.255 e. The molecule has 29 heavy (non-hydrogen) atoms. The van der Waals surface area contributed by atoms with Crippen LogP contribution >= 0.6 is 0 Å². The van der Waals surface area contributed by atoms with Crippen LogP contribution in [0.3, 0.4) is 0 Å². The zero-order chi connectivity index (χ0) is 22.9. The third kappa shape index (κ3) is 11.2. The molecule has 2 rings (SSSR count). The van der Waals surface area contributed by atoms with Gasteiger partial charge in [-0.3, -0.25) is 4.39 Å². The van der Waals surface area contributed by atoms with Crippen molar-refractivity contribution in [1.29, 1.82) is 0 Å². The van der Waals surface area contributed by atoms with Crippen molar-refractivity contribution in [1.82, 2.24) is 0 Å². The first-order valence-electron chi connectivity index (χ1n) is 11.9. The number of allylic oxidation sites excluding steroid dienone is 1. The maximum absolute atomic E-state index is 9.50. The fourth-order valence-electron chi connectivity index (χ4n) is 5.87. The van der Waals surface area contributed by atoms with Gasteiger partial charge in [0.15, 0.2) is 0 Å². The van der Waals surface area contributed by atoms with E-state index in [-0.39, 0.29) is 0 Å². The van der Waals surface area contributed by atoms with Crippen LogP contribution in [0.4, 0.5) is 4.39 Å². The van der Waals surface area contributed by atoms with E-state index in [9.17, 15) is 4.39 Å². The molecule has 0 heterocycles. The summed E-state index contributed by atoms with van der Waals surface area (Å²) >= 11 is 0. The molecule has 0 radical (unpaired) electrons. The molecule has 0 amide bonds. The van der Waals surface area contributed by atoms with Gasteiger partial charge < -0.3 is 0 Å². The van der Waals surface area contributed by atoms with E-state index >= 15 is 0 Å². The normalized spacial score (nSPS) is 25.4. The minimum Gasteiger partial charge on any atom is -0.255 e. The quantitative estimate of drug-likeness (QED) is 0.333. The van der Waals surface area contributed by atoms with Crippen LogP contribution in [0.1, 0.15) is 111 Å². The smallest absolute Gasteiger partial charge is 0.0785 e. The molecular weight excluding hydrogens is 355 g/mol. The summed E-state index contributed by atoms with van der Waals surface area (Å²) in [6, 6.07) is 0. The Morgan fingerprint density at radius 1 is 0.931 bits per heavy atom. The Balaban J connectivity index is 0. The molecular formula is C28H53F. The molecule has 0 N–H and O–H groups in total. The van der Waals surface area contributed by atoms with Crippen LogP contribution in [0.15, 0.2) is 38.5 Å². The second kappa shape index (κ2) is 16.9. The summed E-state index contributed by atoms with van der Waals surface area (Å²) in [6.07, 6.45) is 18.8. The van der Waals surface area contributed by atoms with Gasteiger partial charge in [-0.15, -0.1) is 32.9 Å². The molecule has 3 atom stereocenters. The highest BCUT2D eigenvalue weighted by atomic mass is 19.1. The Hall–Kier alpha value is -0.850. The van der Waals surface area contributed by atoms with Crippen LogP contribution in [-0.4, -0.2) is 7.18 Å². The Kier molecular flexibility index (Phi) is 17.7. The second-order valence-electron chi connectivity index (χ2n) is 9.85. The molecule has 0 bridgehead atoms. The predicted octanol–water partition coefficient (Wildman–Crippen LogP) is 10.1. The zero-order valence-electron chi connectivity index (χ0n) is 20.8. The Morgan fingerprint density at radius 2 is 1.48 bits per heavy atom. The highest BCUT2D eigenvalue weighted by Gasteiger charge is 2.40. The first-order chi connectivity index (χ1) is 13.8. The molecule has 172 valence electrons. The molecule has 1 heteroatoms. The number of rotatable bonds is 9. The van der Waals surface area contributed by atoms with Crippen molar-refractivity contribution in [3.05, 3.63) is 38.5 Å². The summed E-state index contributed by atoms with van der Waals surface area (Å²) in [4.78, 5) is 0. The minimum absolute atomic E-state index is 0.500. The van der Waals surface area contributed by atoms with E-state index < -0.39 is 0 Å². The van der Waals surface area contributed by atoms with Gasteiger partial charge in [-0.25, -0.2) is 0 Å². The van der Waals surface area contributed by atoms with Crippen molar-refractivity contribution in [3.63, 3.8) is 0 Å². The lowest BCUT2D eigenvalue weighted by Crippen LogP contribution is -2.27. The number of hydrogen-bond acceptors (Lipinski definition) is 0. The Bertz CT molecular complexity index is 405. The summed E-state index contributed by atoms with van der Waals surface area (Å²) < 4.78 is 9.50. The van der Waals surface area contributed by atoms with Gasteiger partial charge in [0, 0.05) is 0 Å². The second-order valence-corrected chi connectivity index (χ2v) is 9.85. The van der Waals surface area contributed by atoms with Crippen molar-refractivity contribution in [2.45, 2.75) is 111 Å². The summed E-state index contributed by atoms with van der Waals surface area (Å²) in [5, 5.41) is 0. The van der Waals surface area contributed by atoms with Gasteiger partial charge in [0.2, 0.25) is 0 Å². The van der Waals surface area contributed by atoms with E-state index in [0.717, 1.165) is 11.8 Å². The van der Waals surface area contributed by atoms with Gasteiger partial charge in [-0.1, -0.05) is 58.4 Å². The Labute approximate surface area is 184 Å². The van der Waals surface area contributed by atoms with Crippen LogP contribution in [0.2, 0.25) is 0 Å². The molecule has 2 aliphatic rings. The third-order valence-corrected chi connectivity index (χ3v) is 7.45. The average molecular weight is 409 g/mol. The van der Waals surface area contributed by atoms with Crippen LogP contribution in [0.25, 0.3) is 0 Å². The van der Waals surface area contributed by atoms with Crippen molar-refractivity contribution in [2.24, 2.45) is 22.7 Å². The van der Waals surface area contributed by atoms with Gasteiger partial charge in [-0.2, -0.15) is 0 Å². The maximum atomic E-state index is 9.50. The SMILES string of the molecule is C=C.C=C.C=C(C)CCCC1(C)CCCC1C(C)CCCC1(C)CCCC1.CF. The molecule has 0 aromatic rings. The molecule has 0 saturated heterocycles. The van der Waals surface area contributed by atoms with Crippen molar-refractivity contribution >= 4 is 0 Å². The molecule has 2 saturated carbocycles. The molecule has 2 aliphatic carbocycles. The topological polar surface area (TPSA) is 0 Å². The summed E-state index contributed by atoms with van der Waals surface area (Å²) in [5.41, 5.74) is 2.67. The first kappa shape index (κ1) is 30.3. The highest BCUT2D eigenvalue weighted by Crippen LogP contribution is 2.51.